The van der Waals surface area contributed by atoms with Crippen LogP contribution in [0.25, 0.3) is 10.9 Å². The Morgan fingerprint density at radius 1 is 0.960 bits per heavy atom. The number of aryl methyl sites for hydroxylation is 1. The molecule has 0 spiro atoms. The number of pyridine rings is 1. The quantitative estimate of drug-likeness (QED) is 0.505. The number of rotatable bonds is 4. The van der Waals surface area contributed by atoms with E-state index in [0.717, 1.165) is 33.4 Å². The molecule has 4 rings (SSSR count). The highest BCUT2D eigenvalue weighted by Crippen LogP contribution is 2.35. The van der Waals surface area contributed by atoms with Crippen molar-refractivity contribution in [3.8, 4) is 5.75 Å². The minimum Gasteiger partial charge on any atom is -0.508 e. The normalized spacial score (nSPS) is 12.2. The highest BCUT2D eigenvalue weighted by atomic mass is 16.3. The van der Waals surface area contributed by atoms with Crippen LogP contribution in [-0.4, -0.2) is 15.1 Å². The van der Waals surface area contributed by atoms with Gasteiger partial charge in [0.05, 0.1) is 6.04 Å². The van der Waals surface area contributed by atoms with Crippen molar-refractivity contribution < 1.29 is 5.11 Å². The Morgan fingerprint density at radius 2 is 1.76 bits per heavy atom. The molecule has 2 aromatic heterocycles. The topological polar surface area (TPSA) is 60.9 Å². The third-order valence-corrected chi connectivity index (χ3v) is 4.38. The molecule has 1 unspecified atom stereocenters. The number of phenols is 1. The van der Waals surface area contributed by atoms with E-state index in [2.05, 4.69) is 21.4 Å². The highest BCUT2D eigenvalue weighted by Gasteiger charge is 2.21. The van der Waals surface area contributed by atoms with E-state index >= 15 is 0 Å². The standard InChI is InChI=1S/C21H19N3O/c1-14-10-11-20(23-12-14)24-21(16-7-3-5-9-19(16)25)17-13-22-18-8-4-2-6-15(17)18/h2-13,21-22,25H,1H3,(H,23,24). The predicted octanol–water partition coefficient (Wildman–Crippen LogP) is 4.78. The fourth-order valence-electron chi connectivity index (χ4n) is 3.09. The lowest BCUT2D eigenvalue weighted by atomic mass is 9.97. The van der Waals surface area contributed by atoms with Crippen molar-refractivity contribution in [3.63, 3.8) is 0 Å². The molecule has 4 heteroatoms. The zero-order valence-corrected chi connectivity index (χ0v) is 13.9. The molecule has 2 heterocycles. The van der Waals surface area contributed by atoms with Gasteiger partial charge in [0.15, 0.2) is 0 Å². The van der Waals surface area contributed by atoms with Crippen molar-refractivity contribution in [2.24, 2.45) is 0 Å². The zero-order valence-electron chi connectivity index (χ0n) is 13.9. The third-order valence-electron chi connectivity index (χ3n) is 4.38. The number of H-pyrrole nitrogens is 1. The first-order valence-electron chi connectivity index (χ1n) is 8.25. The van der Waals surface area contributed by atoms with E-state index in [1.54, 1.807) is 6.07 Å². The number of aromatic amines is 1. The number of aromatic nitrogens is 2. The third kappa shape index (κ3) is 2.94. The second kappa shape index (κ2) is 6.32. The lowest BCUT2D eigenvalue weighted by Gasteiger charge is -2.21. The number of benzene rings is 2. The molecule has 4 nitrogen and oxygen atoms in total. The molecule has 0 saturated heterocycles. The van der Waals surface area contributed by atoms with Gasteiger partial charge in [0.25, 0.3) is 0 Å². The molecule has 0 saturated carbocycles. The average Bonchev–Trinajstić information content (AvgIpc) is 3.06. The van der Waals surface area contributed by atoms with Gasteiger partial charge in [-0.3, -0.25) is 0 Å². The van der Waals surface area contributed by atoms with Crippen LogP contribution >= 0.6 is 0 Å². The van der Waals surface area contributed by atoms with Crippen LogP contribution in [0.1, 0.15) is 22.7 Å². The number of nitrogens with one attached hydrogen (secondary N) is 2. The van der Waals surface area contributed by atoms with Gasteiger partial charge in [0.2, 0.25) is 0 Å². The number of hydrogen-bond acceptors (Lipinski definition) is 3. The van der Waals surface area contributed by atoms with Gasteiger partial charge < -0.3 is 15.4 Å². The van der Waals surface area contributed by atoms with Crippen LogP contribution in [0.4, 0.5) is 5.82 Å². The van der Waals surface area contributed by atoms with Gasteiger partial charge in [0.1, 0.15) is 11.6 Å². The fraction of sp³-hybridized carbons (Fsp3) is 0.0952. The molecule has 2 aromatic carbocycles. The first-order chi connectivity index (χ1) is 12.2. The van der Waals surface area contributed by atoms with Gasteiger partial charge in [-0.25, -0.2) is 4.98 Å². The summed E-state index contributed by atoms with van der Waals surface area (Å²) in [4.78, 5) is 7.77. The Morgan fingerprint density at radius 3 is 2.56 bits per heavy atom. The molecule has 25 heavy (non-hydrogen) atoms. The Labute approximate surface area is 146 Å². The maximum absolute atomic E-state index is 10.4. The van der Waals surface area contributed by atoms with Crippen molar-refractivity contribution in [3.05, 3.63) is 89.7 Å². The van der Waals surface area contributed by atoms with Crippen LogP contribution in [0.15, 0.2) is 73.1 Å². The van der Waals surface area contributed by atoms with Gasteiger partial charge >= 0.3 is 0 Å². The summed E-state index contributed by atoms with van der Waals surface area (Å²) in [6.07, 6.45) is 3.82. The summed E-state index contributed by atoms with van der Waals surface area (Å²) in [5, 5.41) is 15.0. The summed E-state index contributed by atoms with van der Waals surface area (Å²) in [7, 11) is 0. The number of para-hydroxylation sites is 2. The van der Waals surface area contributed by atoms with Gasteiger partial charge in [-0.2, -0.15) is 0 Å². The average molecular weight is 329 g/mol. The molecule has 124 valence electrons. The summed E-state index contributed by atoms with van der Waals surface area (Å²) in [6, 6.07) is 19.3. The number of fused-ring (bicyclic) bond motifs is 1. The Kier molecular flexibility index (Phi) is 3.86. The molecular formula is C21H19N3O. The van der Waals surface area contributed by atoms with Crippen LogP contribution in [-0.2, 0) is 0 Å². The van der Waals surface area contributed by atoms with Crippen molar-refractivity contribution in [1.29, 1.82) is 0 Å². The first kappa shape index (κ1) is 15.3. The molecule has 0 amide bonds. The zero-order chi connectivity index (χ0) is 17.2. The van der Waals surface area contributed by atoms with Gasteiger partial charge in [-0.05, 0) is 30.7 Å². The number of hydrogen-bond donors (Lipinski definition) is 3. The minimum absolute atomic E-state index is 0.215. The first-order valence-corrected chi connectivity index (χ1v) is 8.25. The summed E-state index contributed by atoms with van der Waals surface area (Å²) >= 11 is 0. The van der Waals surface area contributed by atoms with Crippen molar-refractivity contribution in [2.75, 3.05) is 5.32 Å². The van der Waals surface area contributed by atoms with Crippen LogP contribution in [0.5, 0.6) is 5.75 Å². The molecule has 0 radical (unpaired) electrons. The molecule has 0 aliphatic heterocycles. The monoisotopic (exact) mass is 329 g/mol. The minimum atomic E-state index is -0.215. The molecule has 0 fully saturated rings. The van der Waals surface area contributed by atoms with E-state index < -0.39 is 0 Å². The van der Waals surface area contributed by atoms with Crippen molar-refractivity contribution >= 4 is 16.7 Å². The van der Waals surface area contributed by atoms with Crippen molar-refractivity contribution in [1.82, 2.24) is 9.97 Å². The van der Waals surface area contributed by atoms with Crippen LogP contribution in [0.2, 0.25) is 0 Å². The predicted molar refractivity (Wildman–Crippen MR) is 101 cm³/mol. The summed E-state index contributed by atoms with van der Waals surface area (Å²) < 4.78 is 0. The summed E-state index contributed by atoms with van der Waals surface area (Å²) in [5.74, 6) is 1.03. The van der Waals surface area contributed by atoms with E-state index in [1.165, 1.54) is 0 Å². The number of anilines is 1. The number of aromatic hydroxyl groups is 1. The second-order valence-corrected chi connectivity index (χ2v) is 6.15. The molecule has 0 bridgehead atoms. The number of phenolic OH excluding ortho intramolecular Hbond substituents is 1. The highest BCUT2D eigenvalue weighted by molar-refractivity contribution is 5.84. The molecular weight excluding hydrogens is 310 g/mol. The van der Waals surface area contributed by atoms with E-state index in [9.17, 15) is 5.11 Å². The second-order valence-electron chi connectivity index (χ2n) is 6.15. The summed E-state index contributed by atoms with van der Waals surface area (Å²) in [5.41, 5.74) is 4.06. The van der Waals surface area contributed by atoms with Crippen LogP contribution < -0.4 is 5.32 Å². The fourth-order valence-corrected chi connectivity index (χ4v) is 3.09. The maximum Gasteiger partial charge on any atom is 0.126 e. The Bertz CT molecular complexity index is 1010. The van der Waals surface area contributed by atoms with Gasteiger partial charge in [-0.15, -0.1) is 0 Å². The molecule has 3 N–H and O–H groups in total. The molecule has 1 atom stereocenters. The molecule has 0 aliphatic carbocycles. The SMILES string of the molecule is Cc1ccc(NC(c2ccccc2O)c2c[nH]c3ccccc23)nc1. The van der Waals surface area contributed by atoms with E-state index in [0.29, 0.717) is 0 Å². The van der Waals surface area contributed by atoms with Crippen LogP contribution in [0.3, 0.4) is 0 Å². The van der Waals surface area contributed by atoms with Gasteiger partial charge in [0, 0.05) is 34.4 Å². The van der Waals surface area contributed by atoms with E-state index in [4.69, 9.17) is 0 Å². The lowest BCUT2D eigenvalue weighted by Crippen LogP contribution is -2.13. The Balaban J connectivity index is 1.83. The number of nitrogens with zero attached hydrogens (tertiary/aromatic N) is 1. The Hall–Kier alpha value is -3.27. The summed E-state index contributed by atoms with van der Waals surface area (Å²) in [6.45, 7) is 2.01. The maximum atomic E-state index is 10.4. The van der Waals surface area contributed by atoms with Crippen LogP contribution in [0, 0.1) is 6.92 Å². The lowest BCUT2D eigenvalue weighted by molar-refractivity contribution is 0.466. The van der Waals surface area contributed by atoms with Gasteiger partial charge in [-0.1, -0.05) is 42.5 Å². The largest absolute Gasteiger partial charge is 0.508 e. The molecule has 4 aromatic rings. The molecule has 0 aliphatic rings. The smallest absolute Gasteiger partial charge is 0.126 e. The van der Waals surface area contributed by atoms with E-state index in [-0.39, 0.29) is 11.8 Å². The van der Waals surface area contributed by atoms with Crippen molar-refractivity contribution in [2.45, 2.75) is 13.0 Å². The van der Waals surface area contributed by atoms with E-state index in [1.807, 2.05) is 67.8 Å².